The van der Waals surface area contributed by atoms with E-state index in [1.807, 2.05) is 73.7 Å². The Labute approximate surface area is 234 Å². The Bertz CT molecular complexity index is 1390. The number of unbranched alkanes of at least 4 members (excludes halogenated alkanes) is 1. The number of cyclic esters (lactones) is 1. The summed E-state index contributed by atoms with van der Waals surface area (Å²) >= 11 is 0. The molecule has 0 aromatic heterocycles. The van der Waals surface area contributed by atoms with E-state index in [9.17, 15) is 19.5 Å². The van der Waals surface area contributed by atoms with E-state index in [0.717, 1.165) is 35.7 Å². The lowest BCUT2D eigenvalue weighted by Crippen LogP contribution is -2.56. The number of fused-ring (bicyclic) bond motifs is 3. The van der Waals surface area contributed by atoms with Crippen LogP contribution in [0.25, 0.3) is 10.8 Å². The summed E-state index contributed by atoms with van der Waals surface area (Å²) in [4.78, 5) is 45.7. The van der Waals surface area contributed by atoms with Crippen molar-refractivity contribution in [3.8, 4) is 0 Å². The van der Waals surface area contributed by atoms with Crippen LogP contribution in [0.2, 0.25) is 0 Å². The molecule has 2 aromatic carbocycles. The molecule has 6 rings (SSSR count). The average molecular weight is 545 g/mol. The summed E-state index contributed by atoms with van der Waals surface area (Å²) in [6, 6.07) is 12.9. The Balaban J connectivity index is 1.45. The predicted molar refractivity (Wildman–Crippen MR) is 150 cm³/mol. The van der Waals surface area contributed by atoms with Crippen molar-refractivity contribution < 1.29 is 29.0 Å². The number of anilines is 1. The lowest BCUT2D eigenvalue weighted by molar-refractivity contribution is -0.158. The molecule has 2 aromatic rings. The van der Waals surface area contributed by atoms with E-state index < -0.39 is 35.0 Å². The first-order chi connectivity index (χ1) is 19.4. The number of esters is 1. The molecule has 0 radical (unpaired) electrons. The number of ether oxygens (including phenoxy) is 2. The second-order valence-electron chi connectivity index (χ2n) is 11.4. The van der Waals surface area contributed by atoms with Gasteiger partial charge in [-0.15, -0.1) is 0 Å². The fourth-order valence-electron chi connectivity index (χ4n) is 7.01. The normalized spacial score (nSPS) is 32.9. The van der Waals surface area contributed by atoms with Crippen molar-refractivity contribution in [2.45, 2.75) is 56.3 Å². The molecule has 8 nitrogen and oxygen atoms in total. The first-order valence-corrected chi connectivity index (χ1v) is 14.3. The largest absolute Gasteiger partial charge is 0.465 e. The number of aliphatic hydroxyl groups is 1. The van der Waals surface area contributed by atoms with Gasteiger partial charge in [0.1, 0.15) is 17.6 Å². The van der Waals surface area contributed by atoms with Crippen molar-refractivity contribution in [2.75, 3.05) is 31.2 Å². The van der Waals surface area contributed by atoms with Crippen LogP contribution in [0.15, 0.2) is 66.8 Å². The Morgan fingerprint density at radius 1 is 0.950 bits per heavy atom. The van der Waals surface area contributed by atoms with Gasteiger partial charge < -0.3 is 24.4 Å². The summed E-state index contributed by atoms with van der Waals surface area (Å²) in [6.07, 6.45) is 11.1. The van der Waals surface area contributed by atoms with Crippen LogP contribution in [0.1, 0.15) is 39.0 Å². The molecule has 2 fully saturated rings. The zero-order valence-electron chi connectivity index (χ0n) is 22.8. The quantitative estimate of drug-likeness (QED) is 0.350. The molecule has 5 atom stereocenters. The summed E-state index contributed by atoms with van der Waals surface area (Å²) in [6.45, 7) is 2.71. The molecule has 210 valence electrons. The van der Waals surface area contributed by atoms with Crippen LogP contribution >= 0.6 is 0 Å². The number of amides is 2. The minimum atomic E-state index is -1.32. The van der Waals surface area contributed by atoms with Gasteiger partial charge in [-0.1, -0.05) is 54.6 Å². The molecule has 4 aliphatic heterocycles. The Morgan fingerprint density at radius 2 is 1.77 bits per heavy atom. The monoisotopic (exact) mass is 544 g/mol. The molecule has 1 spiro atoms. The van der Waals surface area contributed by atoms with Gasteiger partial charge in [0.2, 0.25) is 5.91 Å². The SMILES string of the molecule is C[C@@]12/C=C\CCCCOC(=O)[C@@H]1[C@H]1C(=O)N(CCCCO)C3C(=O)N(c4ccc5ccccc5c4)CC=C[C@@]31O2. The number of hydrogen-bond acceptors (Lipinski definition) is 6. The summed E-state index contributed by atoms with van der Waals surface area (Å²) in [5.74, 6) is -2.77. The van der Waals surface area contributed by atoms with E-state index in [2.05, 4.69) is 0 Å². The molecule has 1 N–H and O–H groups in total. The number of allylic oxidation sites excluding steroid dienone is 1. The summed E-state index contributed by atoms with van der Waals surface area (Å²) in [5.41, 5.74) is -1.69. The molecule has 8 heteroatoms. The third-order valence-corrected chi connectivity index (χ3v) is 8.85. The van der Waals surface area contributed by atoms with Gasteiger partial charge in [-0.3, -0.25) is 14.4 Å². The molecule has 0 bridgehead atoms. The number of aliphatic hydroxyl groups excluding tert-OH is 1. The number of carbonyl (C=O) groups excluding carboxylic acids is 3. The summed E-state index contributed by atoms with van der Waals surface area (Å²) < 4.78 is 12.5. The highest BCUT2D eigenvalue weighted by molar-refractivity contribution is 6.06. The molecule has 40 heavy (non-hydrogen) atoms. The van der Waals surface area contributed by atoms with Crippen LogP contribution in [-0.2, 0) is 23.9 Å². The summed E-state index contributed by atoms with van der Waals surface area (Å²) in [7, 11) is 0. The minimum absolute atomic E-state index is 0.00729. The molecule has 4 heterocycles. The molecule has 0 saturated carbocycles. The van der Waals surface area contributed by atoms with E-state index in [1.165, 1.54) is 0 Å². The topological polar surface area (TPSA) is 96.4 Å². The van der Waals surface area contributed by atoms with Gasteiger partial charge in [0.05, 0.1) is 18.1 Å². The lowest BCUT2D eigenvalue weighted by atomic mass is 9.74. The van der Waals surface area contributed by atoms with Crippen molar-refractivity contribution in [1.82, 2.24) is 4.90 Å². The van der Waals surface area contributed by atoms with Crippen molar-refractivity contribution in [3.63, 3.8) is 0 Å². The maximum Gasteiger partial charge on any atom is 0.313 e. The molecule has 2 amide bonds. The standard InChI is InChI=1S/C32H36N2O6/c1-31-15-6-2-3-9-20-39-30(38)26(31)25-28(36)34(17-7-8-19-35)27-29(37)33(18-10-16-32(25,27)40-31)24-14-13-22-11-4-5-12-23(22)21-24/h4-6,10-16,21,25-27,35H,2-3,7-9,17-20H2,1H3/b15-6-/t25-,26-,27?,31+,32-/m0/s1. The maximum absolute atomic E-state index is 14.6. The Morgan fingerprint density at radius 3 is 2.60 bits per heavy atom. The fraction of sp³-hybridized carbons (Fsp3) is 0.469. The molecule has 1 unspecified atom stereocenters. The van der Waals surface area contributed by atoms with Crippen LogP contribution < -0.4 is 4.90 Å². The highest BCUT2D eigenvalue weighted by atomic mass is 16.6. The fourth-order valence-corrected chi connectivity index (χ4v) is 7.01. The zero-order chi connectivity index (χ0) is 27.9. The van der Waals surface area contributed by atoms with Gasteiger partial charge in [-0.05, 0) is 61.9 Å². The molecular weight excluding hydrogens is 508 g/mol. The van der Waals surface area contributed by atoms with Crippen molar-refractivity contribution in [3.05, 3.63) is 66.8 Å². The second-order valence-corrected chi connectivity index (χ2v) is 11.4. The number of carbonyl (C=O) groups is 3. The Hall–Kier alpha value is -3.49. The van der Waals surface area contributed by atoms with Crippen LogP contribution in [0.3, 0.4) is 0 Å². The van der Waals surface area contributed by atoms with Crippen LogP contribution in [0.4, 0.5) is 5.69 Å². The van der Waals surface area contributed by atoms with Crippen LogP contribution in [0.5, 0.6) is 0 Å². The number of hydrogen-bond donors (Lipinski definition) is 1. The van der Waals surface area contributed by atoms with E-state index in [4.69, 9.17) is 9.47 Å². The van der Waals surface area contributed by atoms with Crippen molar-refractivity contribution in [1.29, 1.82) is 0 Å². The maximum atomic E-state index is 14.6. The molecule has 2 saturated heterocycles. The van der Waals surface area contributed by atoms with Gasteiger partial charge >= 0.3 is 5.97 Å². The highest BCUT2D eigenvalue weighted by Crippen LogP contribution is 2.57. The van der Waals surface area contributed by atoms with E-state index in [1.54, 1.807) is 9.80 Å². The van der Waals surface area contributed by atoms with Gasteiger partial charge in [0.15, 0.2) is 0 Å². The predicted octanol–water partition coefficient (Wildman–Crippen LogP) is 3.77. The molecular formula is C32H36N2O6. The van der Waals surface area contributed by atoms with E-state index in [-0.39, 0.29) is 25.0 Å². The smallest absolute Gasteiger partial charge is 0.313 e. The van der Waals surface area contributed by atoms with E-state index >= 15 is 0 Å². The van der Waals surface area contributed by atoms with Crippen molar-refractivity contribution in [2.24, 2.45) is 11.8 Å². The Kier molecular flexibility index (Phi) is 7.00. The zero-order valence-corrected chi connectivity index (χ0v) is 22.8. The van der Waals surface area contributed by atoms with Gasteiger partial charge in [0, 0.05) is 25.4 Å². The first kappa shape index (κ1) is 26.7. The number of nitrogens with zero attached hydrogens (tertiary/aromatic N) is 2. The molecule has 0 aliphatic carbocycles. The second kappa shape index (κ2) is 10.5. The van der Waals surface area contributed by atoms with Gasteiger partial charge in [-0.2, -0.15) is 0 Å². The number of benzene rings is 2. The highest BCUT2D eigenvalue weighted by Gasteiger charge is 2.74. The lowest BCUT2D eigenvalue weighted by Gasteiger charge is -2.37. The first-order valence-electron chi connectivity index (χ1n) is 14.3. The molecule has 4 aliphatic rings. The third kappa shape index (κ3) is 4.25. The van der Waals surface area contributed by atoms with E-state index in [0.29, 0.717) is 26.0 Å². The number of rotatable bonds is 5. The van der Waals surface area contributed by atoms with Crippen LogP contribution in [-0.4, -0.2) is 71.3 Å². The van der Waals surface area contributed by atoms with Gasteiger partial charge in [-0.25, -0.2) is 0 Å². The van der Waals surface area contributed by atoms with Crippen molar-refractivity contribution >= 4 is 34.2 Å². The number of likely N-dealkylation sites (tertiary alicyclic amines) is 1. The van der Waals surface area contributed by atoms with Crippen LogP contribution in [0, 0.1) is 11.8 Å². The average Bonchev–Trinajstić information content (AvgIpc) is 3.27. The summed E-state index contributed by atoms with van der Waals surface area (Å²) in [5, 5.41) is 11.5. The van der Waals surface area contributed by atoms with Gasteiger partial charge in [0.25, 0.3) is 5.91 Å². The minimum Gasteiger partial charge on any atom is -0.465 e. The third-order valence-electron chi connectivity index (χ3n) is 8.85.